The van der Waals surface area contributed by atoms with Gasteiger partial charge in [0, 0.05) is 23.9 Å². The standard InChI is InChI=1S/C21H20F3N5O/c1-11-6-12(9-25)10-27-17(11)18(30)28-13-4-5-15(22)14(7-13)21(3)16(23)8-20(2,24)19(26)29-21/h4-7,10,16H,8H2,1-3H3,(H2,26,29)(H,28,30)/t16-,20+,21+/m0/s1. The number of nitrogens with two attached hydrogens (primary N) is 1. The summed E-state index contributed by atoms with van der Waals surface area (Å²) in [5, 5.41) is 11.5. The first-order valence-electron chi connectivity index (χ1n) is 9.15. The van der Waals surface area contributed by atoms with Gasteiger partial charge in [0.25, 0.3) is 5.91 Å². The molecule has 156 valence electrons. The van der Waals surface area contributed by atoms with Crippen molar-refractivity contribution in [2.45, 2.75) is 44.6 Å². The lowest BCUT2D eigenvalue weighted by Crippen LogP contribution is -2.51. The molecule has 0 unspecified atom stereocenters. The van der Waals surface area contributed by atoms with E-state index in [1.165, 1.54) is 31.3 Å². The molecule has 3 rings (SSSR count). The highest BCUT2D eigenvalue weighted by atomic mass is 19.2. The molecule has 0 radical (unpaired) electrons. The summed E-state index contributed by atoms with van der Waals surface area (Å²) in [6.45, 7) is 4.08. The van der Waals surface area contributed by atoms with E-state index in [9.17, 15) is 18.0 Å². The smallest absolute Gasteiger partial charge is 0.274 e. The molecule has 3 atom stereocenters. The maximum Gasteiger partial charge on any atom is 0.274 e. The molecule has 2 heterocycles. The van der Waals surface area contributed by atoms with Crippen molar-refractivity contribution in [3.8, 4) is 6.07 Å². The molecule has 2 aromatic rings. The van der Waals surface area contributed by atoms with Gasteiger partial charge in [-0.05, 0) is 50.6 Å². The Morgan fingerprint density at radius 1 is 1.37 bits per heavy atom. The van der Waals surface area contributed by atoms with Crippen LogP contribution in [0.15, 0.2) is 35.5 Å². The summed E-state index contributed by atoms with van der Waals surface area (Å²) in [5.41, 5.74) is 2.68. The van der Waals surface area contributed by atoms with Crippen LogP contribution < -0.4 is 11.1 Å². The normalized spacial score (nSPS) is 25.9. The summed E-state index contributed by atoms with van der Waals surface area (Å²) < 4.78 is 43.8. The summed E-state index contributed by atoms with van der Waals surface area (Å²) in [7, 11) is 0. The lowest BCUT2D eigenvalue weighted by Gasteiger charge is -2.38. The molecule has 3 N–H and O–H groups in total. The van der Waals surface area contributed by atoms with E-state index in [1.807, 2.05) is 6.07 Å². The summed E-state index contributed by atoms with van der Waals surface area (Å²) in [5.74, 6) is -1.76. The van der Waals surface area contributed by atoms with Crippen LogP contribution in [0.4, 0.5) is 18.9 Å². The van der Waals surface area contributed by atoms with Gasteiger partial charge in [0.1, 0.15) is 35.1 Å². The van der Waals surface area contributed by atoms with Crippen LogP contribution in [-0.4, -0.2) is 28.6 Å². The number of carbonyl (C=O) groups is 1. The molecule has 1 aliphatic heterocycles. The number of aryl methyl sites for hydroxylation is 1. The van der Waals surface area contributed by atoms with Crippen LogP contribution in [-0.2, 0) is 5.54 Å². The van der Waals surface area contributed by atoms with Crippen LogP contribution in [0.5, 0.6) is 0 Å². The van der Waals surface area contributed by atoms with E-state index >= 15 is 0 Å². The monoisotopic (exact) mass is 415 g/mol. The number of nitrogens with one attached hydrogen (secondary N) is 1. The number of aliphatic imine (C=N–C) groups is 1. The zero-order valence-corrected chi connectivity index (χ0v) is 16.6. The minimum absolute atomic E-state index is 0.0857. The number of hydrogen-bond donors (Lipinski definition) is 2. The maximum atomic E-state index is 14.9. The number of amidine groups is 1. The number of pyridine rings is 1. The van der Waals surface area contributed by atoms with Crippen LogP contribution in [0, 0.1) is 24.1 Å². The fraction of sp³-hybridized carbons (Fsp3) is 0.333. The van der Waals surface area contributed by atoms with E-state index in [4.69, 9.17) is 11.0 Å². The average molecular weight is 415 g/mol. The van der Waals surface area contributed by atoms with Crippen molar-refractivity contribution < 1.29 is 18.0 Å². The van der Waals surface area contributed by atoms with Gasteiger partial charge in [0.2, 0.25) is 0 Å². The molecule has 0 saturated carbocycles. The molecule has 6 nitrogen and oxygen atoms in total. The maximum absolute atomic E-state index is 14.9. The number of aromatic nitrogens is 1. The van der Waals surface area contributed by atoms with Crippen molar-refractivity contribution in [1.29, 1.82) is 5.26 Å². The fourth-order valence-electron chi connectivity index (χ4n) is 3.36. The molecule has 0 bridgehead atoms. The van der Waals surface area contributed by atoms with Crippen LogP contribution in [0.3, 0.4) is 0 Å². The zero-order chi connectivity index (χ0) is 22.3. The van der Waals surface area contributed by atoms with Gasteiger partial charge in [-0.1, -0.05) is 0 Å². The number of carbonyl (C=O) groups excluding carboxylic acids is 1. The molecule has 1 aliphatic rings. The first-order chi connectivity index (χ1) is 14.0. The van der Waals surface area contributed by atoms with Crippen molar-refractivity contribution in [2.24, 2.45) is 10.7 Å². The van der Waals surface area contributed by atoms with Crippen LogP contribution in [0.2, 0.25) is 0 Å². The zero-order valence-electron chi connectivity index (χ0n) is 16.6. The van der Waals surface area contributed by atoms with Gasteiger partial charge in [0.05, 0.1) is 5.56 Å². The molecule has 1 aromatic heterocycles. The average Bonchev–Trinajstić information content (AvgIpc) is 2.67. The van der Waals surface area contributed by atoms with E-state index in [0.717, 1.165) is 13.0 Å². The molecule has 1 amide bonds. The SMILES string of the molecule is Cc1cc(C#N)cnc1C(=O)Nc1ccc(F)c([C@@]2(C)N=C(N)[C@](C)(F)C[C@@H]2F)c1. The Morgan fingerprint density at radius 3 is 2.70 bits per heavy atom. The number of amides is 1. The molecular formula is C21H20F3N5O. The van der Waals surface area contributed by atoms with Crippen LogP contribution in [0.25, 0.3) is 0 Å². The van der Waals surface area contributed by atoms with Crippen molar-refractivity contribution >= 4 is 17.4 Å². The van der Waals surface area contributed by atoms with Crippen molar-refractivity contribution in [2.75, 3.05) is 5.32 Å². The first kappa shape index (κ1) is 21.3. The van der Waals surface area contributed by atoms with E-state index < -0.39 is 41.4 Å². The predicted octanol–water partition coefficient (Wildman–Crippen LogP) is 3.70. The van der Waals surface area contributed by atoms with E-state index in [-0.39, 0.29) is 16.9 Å². The van der Waals surface area contributed by atoms with Gasteiger partial charge in [-0.3, -0.25) is 9.79 Å². The summed E-state index contributed by atoms with van der Waals surface area (Å²) in [6.07, 6.45) is -1.13. The van der Waals surface area contributed by atoms with Gasteiger partial charge in [-0.2, -0.15) is 5.26 Å². The third-order valence-electron chi connectivity index (χ3n) is 5.25. The molecular weight excluding hydrogens is 395 g/mol. The summed E-state index contributed by atoms with van der Waals surface area (Å²) in [4.78, 5) is 20.5. The molecule has 30 heavy (non-hydrogen) atoms. The molecule has 0 aliphatic carbocycles. The number of benzene rings is 1. The Hall–Kier alpha value is -3.41. The summed E-state index contributed by atoms with van der Waals surface area (Å²) >= 11 is 0. The third kappa shape index (κ3) is 3.73. The van der Waals surface area contributed by atoms with Gasteiger partial charge < -0.3 is 11.1 Å². The predicted molar refractivity (Wildman–Crippen MR) is 106 cm³/mol. The number of hydrogen-bond acceptors (Lipinski definition) is 5. The fourth-order valence-corrected chi connectivity index (χ4v) is 3.36. The number of halogens is 3. The largest absolute Gasteiger partial charge is 0.385 e. The van der Waals surface area contributed by atoms with E-state index in [0.29, 0.717) is 11.1 Å². The number of alkyl halides is 2. The molecule has 1 aromatic carbocycles. The topological polar surface area (TPSA) is 104 Å². The Kier molecular flexibility index (Phi) is 5.29. The second-order valence-electron chi connectivity index (χ2n) is 7.66. The van der Waals surface area contributed by atoms with Crippen molar-refractivity contribution in [1.82, 2.24) is 4.98 Å². The Bertz CT molecular complexity index is 1090. The van der Waals surface area contributed by atoms with Crippen LogP contribution >= 0.6 is 0 Å². The second-order valence-corrected chi connectivity index (χ2v) is 7.66. The third-order valence-corrected chi connectivity index (χ3v) is 5.25. The first-order valence-corrected chi connectivity index (χ1v) is 9.15. The Morgan fingerprint density at radius 2 is 2.07 bits per heavy atom. The molecule has 0 spiro atoms. The van der Waals surface area contributed by atoms with Crippen molar-refractivity contribution in [3.05, 3.63) is 58.7 Å². The lowest BCUT2D eigenvalue weighted by atomic mass is 9.79. The second kappa shape index (κ2) is 7.44. The minimum atomic E-state index is -2.12. The lowest BCUT2D eigenvalue weighted by molar-refractivity contribution is 0.102. The van der Waals surface area contributed by atoms with Gasteiger partial charge in [-0.15, -0.1) is 0 Å². The molecule has 9 heteroatoms. The number of rotatable bonds is 3. The van der Waals surface area contributed by atoms with Crippen LogP contribution in [0.1, 0.15) is 47.4 Å². The van der Waals surface area contributed by atoms with Gasteiger partial charge >= 0.3 is 0 Å². The highest BCUT2D eigenvalue weighted by Crippen LogP contribution is 2.42. The Balaban J connectivity index is 1.96. The number of anilines is 1. The molecule has 0 saturated heterocycles. The molecule has 0 fully saturated rings. The van der Waals surface area contributed by atoms with E-state index in [2.05, 4.69) is 15.3 Å². The van der Waals surface area contributed by atoms with Crippen molar-refractivity contribution in [3.63, 3.8) is 0 Å². The highest BCUT2D eigenvalue weighted by Gasteiger charge is 2.49. The quantitative estimate of drug-likeness (QED) is 0.798. The highest BCUT2D eigenvalue weighted by molar-refractivity contribution is 6.04. The summed E-state index contributed by atoms with van der Waals surface area (Å²) in [6, 6.07) is 7.06. The minimum Gasteiger partial charge on any atom is -0.385 e. The number of nitriles is 1. The number of nitrogens with zero attached hydrogens (tertiary/aromatic N) is 3. The van der Waals surface area contributed by atoms with Gasteiger partial charge in [0.15, 0.2) is 5.67 Å². The Labute approximate surface area is 171 Å². The van der Waals surface area contributed by atoms with E-state index in [1.54, 1.807) is 6.92 Å². The van der Waals surface area contributed by atoms with Gasteiger partial charge in [-0.25, -0.2) is 18.2 Å².